The predicted molar refractivity (Wildman–Crippen MR) is 132 cm³/mol. The minimum absolute atomic E-state index is 0.155. The highest BCUT2D eigenvalue weighted by Gasteiger charge is 2.27. The van der Waals surface area contributed by atoms with Crippen molar-refractivity contribution in [2.24, 2.45) is 0 Å². The zero-order chi connectivity index (χ0) is 23.4. The third-order valence-electron chi connectivity index (χ3n) is 6.16. The van der Waals surface area contributed by atoms with E-state index < -0.39 is 10.0 Å². The molecule has 5 nitrogen and oxygen atoms in total. The Morgan fingerprint density at radius 2 is 1.67 bits per heavy atom. The second-order valence-corrected chi connectivity index (χ2v) is 10.6. The maximum absolute atomic E-state index is 13.4. The van der Waals surface area contributed by atoms with Crippen LogP contribution < -0.4 is 9.62 Å². The van der Waals surface area contributed by atoms with Gasteiger partial charge in [0.2, 0.25) is 5.91 Å². The number of nitrogens with one attached hydrogen (secondary N) is 1. The molecule has 0 aromatic heterocycles. The molecule has 1 unspecified atom stereocenters. The number of aryl methyl sites for hydroxylation is 3. The van der Waals surface area contributed by atoms with Crippen LogP contribution in [0.15, 0.2) is 77.7 Å². The fourth-order valence-corrected chi connectivity index (χ4v) is 5.78. The van der Waals surface area contributed by atoms with Crippen LogP contribution in [0.2, 0.25) is 0 Å². The van der Waals surface area contributed by atoms with Crippen LogP contribution in [0.3, 0.4) is 0 Å². The van der Waals surface area contributed by atoms with E-state index in [-0.39, 0.29) is 23.4 Å². The lowest BCUT2D eigenvalue weighted by Crippen LogP contribution is -2.41. The van der Waals surface area contributed by atoms with Crippen molar-refractivity contribution in [3.05, 3.63) is 95.1 Å². The molecule has 0 radical (unpaired) electrons. The van der Waals surface area contributed by atoms with E-state index in [9.17, 15) is 13.2 Å². The molecule has 33 heavy (non-hydrogen) atoms. The minimum Gasteiger partial charge on any atom is -0.348 e. The van der Waals surface area contributed by atoms with Crippen LogP contribution in [0, 0.1) is 6.92 Å². The Hall–Kier alpha value is -3.12. The van der Waals surface area contributed by atoms with Crippen molar-refractivity contribution < 1.29 is 13.2 Å². The van der Waals surface area contributed by atoms with E-state index in [1.807, 2.05) is 19.9 Å². The normalized spacial score (nSPS) is 14.2. The summed E-state index contributed by atoms with van der Waals surface area (Å²) in [5, 5.41) is 3.00. The van der Waals surface area contributed by atoms with Crippen molar-refractivity contribution in [2.75, 3.05) is 10.8 Å². The van der Waals surface area contributed by atoms with Gasteiger partial charge in [-0.3, -0.25) is 9.10 Å². The van der Waals surface area contributed by atoms with E-state index in [0.29, 0.717) is 5.69 Å². The van der Waals surface area contributed by atoms with E-state index in [4.69, 9.17) is 0 Å². The summed E-state index contributed by atoms with van der Waals surface area (Å²) in [5.74, 6) is -0.346. The molecule has 4 rings (SSSR count). The van der Waals surface area contributed by atoms with E-state index in [1.165, 1.54) is 28.3 Å². The number of fused-ring (bicyclic) bond motifs is 1. The van der Waals surface area contributed by atoms with E-state index in [1.54, 1.807) is 48.5 Å². The molecule has 172 valence electrons. The second kappa shape index (κ2) is 9.79. The summed E-state index contributed by atoms with van der Waals surface area (Å²) in [6.45, 7) is 3.54. The summed E-state index contributed by atoms with van der Waals surface area (Å²) in [7, 11) is -3.91. The number of nitrogens with zero attached hydrogens (tertiary/aromatic N) is 1. The van der Waals surface area contributed by atoms with Gasteiger partial charge in [0.05, 0.1) is 16.6 Å². The van der Waals surface area contributed by atoms with Gasteiger partial charge in [-0.15, -0.1) is 0 Å². The van der Waals surface area contributed by atoms with Gasteiger partial charge in [-0.25, -0.2) is 8.42 Å². The first kappa shape index (κ1) is 23.1. The Balaban J connectivity index is 1.56. The topological polar surface area (TPSA) is 66.5 Å². The summed E-state index contributed by atoms with van der Waals surface area (Å²) in [4.78, 5) is 13.2. The highest BCUT2D eigenvalue weighted by molar-refractivity contribution is 7.92. The Morgan fingerprint density at radius 3 is 2.39 bits per heavy atom. The molecule has 6 heteroatoms. The molecule has 0 saturated carbocycles. The van der Waals surface area contributed by atoms with Crippen molar-refractivity contribution in [2.45, 2.75) is 50.5 Å². The summed E-state index contributed by atoms with van der Waals surface area (Å²) in [6.07, 6.45) is 4.60. The first-order valence-electron chi connectivity index (χ1n) is 11.4. The van der Waals surface area contributed by atoms with Gasteiger partial charge in [0.25, 0.3) is 10.0 Å². The van der Waals surface area contributed by atoms with Crippen LogP contribution in [-0.2, 0) is 27.7 Å². The second-order valence-electron chi connectivity index (χ2n) is 8.69. The van der Waals surface area contributed by atoms with Crippen molar-refractivity contribution in [3.8, 4) is 0 Å². The van der Waals surface area contributed by atoms with Crippen LogP contribution >= 0.6 is 0 Å². The summed E-state index contributed by atoms with van der Waals surface area (Å²) in [6, 6.07) is 21.6. The van der Waals surface area contributed by atoms with Gasteiger partial charge in [0.15, 0.2) is 0 Å². The average molecular weight is 463 g/mol. The Labute approximate surface area is 196 Å². The first-order chi connectivity index (χ1) is 15.8. The molecule has 0 spiro atoms. The molecule has 0 saturated heterocycles. The van der Waals surface area contributed by atoms with Crippen LogP contribution in [0.5, 0.6) is 0 Å². The SMILES string of the molecule is Cc1cccc(N(CC(=O)NC(C)c2ccc3c(c2)CCCC3)S(=O)(=O)c2ccccc2)c1. The van der Waals surface area contributed by atoms with Crippen molar-refractivity contribution in [1.29, 1.82) is 0 Å². The number of rotatable bonds is 7. The van der Waals surface area contributed by atoms with Crippen LogP contribution in [0.1, 0.15) is 48.1 Å². The first-order valence-corrected chi connectivity index (χ1v) is 12.8. The smallest absolute Gasteiger partial charge is 0.264 e. The van der Waals surface area contributed by atoms with E-state index >= 15 is 0 Å². The Kier molecular flexibility index (Phi) is 6.84. The maximum Gasteiger partial charge on any atom is 0.264 e. The van der Waals surface area contributed by atoms with Gasteiger partial charge in [-0.1, -0.05) is 48.5 Å². The number of anilines is 1. The minimum atomic E-state index is -3.91. The van der Waals surface area contributed by atoms with Gasteiger partial charge in [0, 0.05) is 0 Å². The number of carbonyl (C=O) groups excluding carboxylic acids is 1. The third kappa shape index (κ3) is 5.28. The number of sulfonamides is 1. The van der Waals surface area contributed by atoms with Gasteiger partial charge in [0.1, 0.15) is 6.54 Å². The largest absolute Gasteiger partial charge is 0.348 e. The van der Waals surface area contributed by atoms with Crippen LogP contribution in [-0.4, -0.2) is 20.9 Å². The van der Waals surface area contributed by atoms with E-state index in [2.05, 4.69) is 23.5 Å². The molecule has 3 aromatic carbocycles. The molecule has 0 bridgehead atoms. The Bertz CT molecular complexity index is 1240. The number of carbonyl (C=O) groups is 1. The van der Waals surface area contributed by atoms with Crippen molar-refractivity contribution in [3.63, 3.8) is 0 Å². The summed E-state index contributed by atoms with van der Waals surface area (Å²) >= 11 is 0. The number of hydrogen-bond donors (Lipinski definition) is 1. The summed E-state index contributed by atoms with van der Waals surface area (Å²) in [5.41, 5.74) is 5.17. The van der Waals surface area contributed by atoms with Crippen LogP contribution in [0.25, 0.3) is 0 Å². The van der Waals surface area contributed by atoms with Crippen molar-refractivity contribution in [1.82, 2.24) is 5.32 Å². The maximum atomic E-state index is 13.4. The average Bonchev–Trinajstić information content (AvgIpc) is 2.82. The quantitative estimate of drug-likeness (QED) is 0.540. The van der Waals surface area contributed by atoms with Crippen molar-refractivity contribution >= 4 is 21.6 Å². The molecule has 0 heterocycles. The molecule has 1 atom stereocenters. The van der Waals surface area contributed by atoms with Gasteiger partial charge in [-0.05, 0) is 86.1 Å². The predicted octanol–water partition coefficient (Wildman–Crippen LogP) is 4.95. The third-order valence-corrected chi connectivity index (χ3v) is 7.95. The number of amides is 1. The highest BCUT2D eigenvalue weighted by atomic mass is 32.2. The molecule has 3 aromatic rings. The van der Waals surface area contributed by atoms with Gasteiger partial charge >= 0.3 is 0 Å². The zero-order valence-electron chi connectivity index (χ0n) is 19.1. The molecule has 0 fully saturated rings. The Morgan fingerprint density at radius 1 is 0.939 bits per heavy atom. The zero-order valence-corrected chi connectivity index (χ0v) is 19.9. The highest BCUT2D eigenvalue weighted by Crippen LogP contribution is 2.26. The van der Waals surface area contributed by atoms with E-state index in [0.717, 1.165) is 24.0 Å². The van der Waals surface area contributed by atoms with Crippen LogP contribution in [0.4, 0.5) is 5.69 Å². The number of hydrogen-bond acceptors (Lipinski definition) is 3. The fraction of sp³-hybridized carbons (Fsp3) is 0.296. The van der Waals surface area contributed by atoms with Gasteiger partial charge < -0.3 is 5.32 Å². The molecule has 0 aliphatic heterocycles. The molecule has 1 amide bonds. The molecule has 1 aliphatic carbocycles. The molecular weight excluding hydrogens is 432 g/mol. The summed E-state index contributed by atoms with van der Waals surface area (Å²) < 4.78 is 28.1. The molecular formula is C27H30N2O3S. The number of benzene rings is 3. The molecule has 1 aliphatic rings. The molecule has 1 N–H and O–H groups in total. The fourth-order valence-electron chi connectivity index (χ4n) is 4.34. The lowest BCUT2D eigenvalue weighted by molar-refractivity contribution is -0.120. The lowest BCUT2D eigenvalue weighted by Gasteiger charge is -2.26. The standard InChI is InChI=1S/C27H30N2O3S/c1-20-9-8-12-25(17-20)29(33(31,32)26-13-4-3-5-14-26)19-27(30)28-21(2)23-16-15-22-10-6-7-11-24(22)18-23/h3-5,8-9,12-18,21H,6-7,10-11,19H2,1-2H3,(H,28,30). The monoisotopic (exact) mass is 462 g/mol. The van der Waals surface area contributed by atoms with Gasteiger partial charge in [-0.2, -0.15) is 0 Å². The lowest BCUT2D eigenvalue weighted by atomic mass is 9.89.